The number of hydrogen-bond acceptors (Lipinski definition) is 4. The van der Waals surface area contributed by atoms with Crippen molar-refractivity contribution in [2.75, 3.05) is 18.4 Å². The van der Waals surface area contributed by atoms with Gasteiger partial charge in [0.25, 0.3) is 0 Å². The zero-order chi connectivity index (χ0) is 21.1. The van der Waals surface area contributed by atoms with Gasteiger partial charge in [-0.05, 0) is 69.4 Å². The van der Waals surface area contributed by atoms with Crippen molar-refractivity contribution in [3.8, 4) is 0 Å². The van der Waals surface area contributed by atoms with E-state index in [1.807, 2.05) is 61.2 Å². The molecular formula is C24H28N4O2. The van der Waals surface area contributed by atoms with Gasteiger partial charge in [-0.2, -0.15) is 5.11 Å². The summed E-state index contributed by atoms with van der Waals surface area (Å²) in [5, 5.41) is 11.7. The number of nitrogens with one attached hydrogen (secondary N) is 1. The molecule has 0 aromatic heterocycles. The molecular weight excluding hydrogens is 376 g/mol. The molecule has 2 aliphatic rings. The number of aryl methyl sites for hydroxylation is 2. The van der Waals surface area contributed by atoms with Crippen LogP contribution in [0.25, 0.3) is 0 Å². The van der Waals surface area contributed by atoms with Gasteiger partial charge in [-0.15, -0.1) is 5.11 Å². The minimum Gasteiger partial charge on any atom is -0.342 e. The molecule has 2 aromatic rings. The monoisotopic (exact) mass is 404 g/mol. The Bertz CT molecular complexity index is 956. The molecule has 156 valence electrons. The van der Waals surface area contributed by atoms with E-state index in [0.29, 0.717) is 37.3 Å². The molecule has 0 unspecified atom stereocenters. The molecule has 0 radical (unpaired) electrons. The van der Waals surface area contributed by atoms with Gasteiger partial charge in [-0.1, -0.05) is 23.8 Å². The molecule has 30 heavy (non-hydrogen) atoms. The molecule has 6 heteroatoms. The highest BCUT2D eigenvalue weighted by molar-refractivity contribution is 5.95. The van der Waals surface area contributed by atoms with E-state index < -0.39 is 0 Å². The van der Waals surface area contributed by atoms with Crippen LogP contribution in [0.4, 0.5) is 17.1 Å². The van der Waals surface area contributed by atoms with E-state index in [-0.39, 0.29) is 23.7 Å². The van der Waals surface area contributed by atoms with E-state index in [4.69, 9.17) is 0 Å². The van der Waals surface area contributed by atoms with Crippen LogP contribution in [0.2, 0.25) is 0 Å². The fourth-order valence-electron chi connectivity index (χ4n) is 3.74. The average molecular weight is 405 g/mol. The van der Waals surface area contributed by atoms with Crippen molar-refractivity contribution < 1.29 is 9.59 Å². The molecule has 4 rings (SSSR count). The van der Waals surface area contributed by atoms with Gasteiger partial charge in [0.15, 0.2) is 0 Å². The van der Waals surface area contributed by atoms with Gasteiger partial charge in [-0.3, -0.25) is 9.59 Å². The van der Waals surface area contributed by atoms with Crippen LogP contribution in [0.3, 0.4) is 0 Å². The first-order valence-corrected chi connectivity index (χ1v) is 10.7. The molecule has 0 spiro atoms. The molecule has 1 N–H and O–H groups in total. The van der Waals surface area contributed by atoms with E-state index in [0.717, 1.165) is 24.1 Å². The maximum atomic E-state index is 12.9. The van der Waals surface area contributed by atoms with Crippen LogP contribution < -0.4 is 5.32 Å². The zero-order valence-electron chi connectivity index (χ0n) is 17.6. The van der Waals surface area contributed by atoms with Crippen molar-refractivity contribution >= 4 is 28.9 Å². The normalized spacial score (nSPS) is 17.3. The number of benzene rings is 2. The number of amides is 2. The van der Waals surface area contributed by atoms with Gasteiger partial charge in [-0.25, -0.2) is 0 Å². The van der Waals surface area contributed by atoms with Crippen molar-refractivity contribution in [2.45, 2.75) is 39.5 Å². The molecule has 0 atom stereocenters. The van der Waals surface area contributed by atoms with Crippen molar-refractivity contribution in [3.05, 3.63) is 53.6 Å². The highest BCUT2D eigenvalue weighted by Gasteiger charge is 2.36. The summed E-state index contributed by atoms with van der Waals surface area (Å²) < 4.78 is 0. The molecule has 1 aliphatic carbocycles. The quantitative estimate of drug-likeness (QED) is 0.686. The second kappa shape index (κ2) is 8.78. The van der Waals surface area contributed by atoms with Crippen molar-refractivity contribution in [1.29, 1.82) is 0 Å². The van der Waals surface area contributed by atoms with Gasteiger partial charge in [0.05, 0.1) is 11.4 Å². The molecule has 2 amide bonds. The zero-order valence-corrected chi connectivity index (χ0v) is 17.6. The number of hydrogen-bond donors (Lipinski definition) is 1. The van der Waals surface area contributed by atoms with Crippen LogP contribution in [0.15, 0.2) is 52.7 Å². The Morgan fingerprint density at radius 2 is 1.53 bits per heavy atom. The number of piperidine rings is 1. The molecule has 1 heterocycles. The topological polar surface area (TPSA) is 74.1 Å². The number of anilines is 1. The number of azo groups is 1. The highest BCUT2D eigenvalue weighted by atomic mass is 16.2. The maximum absolute atomic E-state index is 12.9. The Morgan fingerprint density at radius 3 is 2.20 bits per heavy atom. The first-order chi connectivity index (χ1) is 14.5. The van der Waals surface area contributed by atoms with Gasteiger partial charge < -0.3 is 10.2 Å². The van der Waals surface area contributed by atoms with Crippen LogP contribution in [0.5, 0.6) is 0 Å². The number of nitrogens with zero attached hydrogens (tertiary/aromatic N) is 3. The lowest BCUT2D eigenvalue weighted by Crippen LogP contribution is -2.42. The number of carbonyl (C=O) groups excluding carboxylic acids is 2. The molecule has 2 aromatic carbocycles. The fraction of sp³-hybridized carbons (Fsp3) is 0.417. The summed E-state index contributed by atoms with van der Waals surface area (Å²) in [6.45, 7) is 5.35. The molecule has 2 fully saturated rings. The van der Waals surface area contributed by atoms with Crippen LogP contribution in [-0.4, -0.2) is 29.8 Å². The van der Waals surface area contributed by atoms with Crippen LogP contribution in [-0.2, 0) is 9.59 Å². The first kappa shape index (κ1) is 20.3. The Kier molecular flexibility index (Phi) is 5.93. The second-order valence-electron chi connectivity index (χ2n) is 8.42. The van der Waals surface area contributed by atoms with E-state index in [1.54, 1.807) is 0 Å². The average Bonchev–Trinajstić information content (AvgIpc) is 3.60. The largest absolute Gasteiger partial charge is 0.342 e. The number of likely N-dealkylation sites (tertiary alicyclic amines) is 1. The third kappa shape index (κ3) is 4.93. The summed E-state index contributed by atoms with van der Waals surface area (Å²) >= 11 is 0. The third-order valence-electron chi connectivity index (χ3n) is 5.82. The number of rotatable bonds is 5. The minimum atomic E-state index is -0.0866. The van der Waals surface area contributed by atoms with Crippen molar-refractivity contribution in [1.82, 2.24) is 4.90 Å². The predicted octanol–water partition coefficient (Wildman–Crippen LogP) is 5.31. The highest BCUT2D eigenvalue weighted by Crippen LogP contribution is 2.33. The molecule has 1 aliphatic heterocycles. The Morgan fingerprint density at radius 1 is 0.867 bits per heavy atom. The number of carbonyl (C=O) groups is 2. The molecule has 6 nitrogen and oxygen atoms in total. The fourth-order valence-corrected chi connectivity index (χ4v) is 3.74. The van der Waals surface area contributed by atoms with Gasteiger partial charge >= 0.3 is 0 Å². The summed E-state index contributed by atoms with van der Waals surface area (Å²) in [5.41, 5.74) is 4.30. The van der Waals surface area contributed by atoms with Gasteiger partial charge in [0.2, 0.25) is 11.8 Å². The standard InChI is InChI=1S/C24H28N4O2/c1-16-3-8-20(9-4-16)26-27-22-15-17(2)5-10-21(22)25-23(29)18-11-13-28(14-12-18)24(30)19-6-7-19/h3-5,8-10,15,18-19H,6-7,11-14H2,1-2H3,(H,25,29). The second-order valence-corrected chi connectivity index (χ2v) is 8.42. The van der Waals surface area contributed by atoms with E-state index in [2.05, 4.69) is 15.5 Å². The lowest BCUT2D eigenvalue weighted by Gasteiger charge is -2.31. The summed E-state index contributed by atoms with van der Waals surface area (Å²) in [4.78, 5) is 27.0. The molecule has 0 bridgehead atoms. The first-order valence-electron chi connectivity index (χ1n) is 10.7. The van der Waals surface area contributed by atoms with E-state index in [1.165, 1.54) is 5.56 Å². The molecule has 1 saturated carbocycles. The SMILES string of the molecule is Cc1ccc(N=Nc2cc(C)ccc2NC(=O)C2CCN(C(=O)C3CC3)CC2)cc1. The maximum Gasteiger partial charge on any atom is 0.227 e. The Labute approximate surface area is 177 Å². The lowest BCUT2D eigenvalue weighted by atomic mass is 9.95. The molecule has 1 saturated heterocycles. The van der Waals surface area contributed by atoms with Crippen molar-refractivity contribution in [2.24, 2.45) is 22.1 Å². The smallest absolute Gasteiger partial charge is 0.227 e. The third-order valence-corrected chi connectivity index (χ3v) is 5.82. The van der Waals surface area contributed by atoms with Crippen LogP contribution in [0.1, 0.15) is 36.8 Å². The Hall–Kier alpha value is -3.02. The minimum absolute atomic E-state index is 0.0100. The summed E-state index contributed by atoms with van der Waals surface area (Å²) in [6, 6.07) is 13.6. The summed E-state index contributed by atoms with van der Waals surface area (Å²) in [5.74, 6) is 0.413. The summed E-state index contributed by atoms with van der Waals surface area (Å²) in [7, 11) is 0. The van der Waals surface area contributed by atoms with Crippen LogP contribution in [0, 0.1) is 25.7 Å². The summed E-state index contributed by atoms with van der Waals surface area (Å²) in [6.07, 6.45) is 3.45. The van der Waals surface area contributed by atoms with E-state index >= 15 is 0 Å². The lowest BCUT2D eigenvalue weighted by molar-refractivity contribution is -0.135. The van der Waals surface area contributed by atoms with Crippen molar-refractivity contribution in [3.63, 3.8) is 0 Å². The predicted molar refractivity (Wildman–Crippen MR) is 117 cm³/mol. The van der Waals surface area contributed by atoms with Gasteiger partial charge in [0, 0.05) is 24.9 Å². The van der Waals surface area contributed by atoms with E-state index in [9.17, 15) is 9.59 Å². The van der Waals surface area contributed by atoms with Crippen LogP contribution >= 0.6 is 0 Å². The Balaban J connectivity index is 1.40. The van der Waals surface area contributed by atoms with Gasteiger partial charge in [0.1, 0.15) is 5.69 Å².